The largest absolute Gasteiger partial charge is 0.198 e. The highest BCUT2D eigenvalue weighted by atomic mass is 15.3. The van der Waals surface area contributed by atoms with E-state index in [1.165, 1.54) is 25.7 Å². The monoisotopic (exact) mass is 203 g/mol. The first-order valence-electron chi connectivity index (χ1n) is 5.95. The summed E-state index contributed by atoms with van der Waals surface area (Å²) in [5, 5.41) is 10.6. The predicted molar refractivity (Wildman–Crippen MR) is 58.2 cm³/mol. The van der Waals surface area contributed by atoms with Crippen LogP contribution < -0.4 is 0 Å². The summed E-state index contributed by atoms with van der Waals surface area (Å²) in [7, 11) is 0. The van der Waals surface area contributed by atoms with Gasteiger partial charge in [-0.15, -0.1) is 0 Å². The second kappa shape index (κ2) is 3.80. The molecule has 0 aromatic carbocycles. The Morgan fingerprint density at radius 3 is 3.00 bits per heavy atom. The van der Waals surface area contributed by atoms with E-state index in [2.05, 4.69) is 27.6 Å². The standard InChI is InChI=1S/C12H17N3/c1(3-12-8-13-15-14-12)2-10-6-9-4-5-11(10)7-9/h4-5,8-11H,1-3,6-7H2,(H,13,14,15). The average molecular weight is 203 g/mol. The molecular weight excluding hydrogens is 186 g/mol. The Balaban J connectivity index is 1.45. The topological polar surface area (TPSA) is 41.6 Å². The Bertz CT molecular complexity index is 342. The molecule has 0 aliphatic heterocycles. The van der Waals surface area contributed by atoms with Crippen molar-refractivity contribution in [2.75, 3.05) is 0 Å². The summed E-state index contributed by atoms with van der Waals surface area (Å²) in [6.07, 6.45) is 13.2. The van der Waals surface area contributed by atoms with Gasteiger partial charge in [-0.25, -0.2) is 0 Å². The SMILES string of the molecule is C1=CC2CC1CC2CCCc1cn[nH]n1. The van der Waals surface area contributed by atoms with Crippen LogP contribution in [0.2, 0.25) is 0 Å². The van der Waals surface area contributed by atoms with E-state index in [9.17, 15) is 0 Å². The van der Waals surface area contributed by atoms with E-state index in [1.54, 1.807) is 0 Å². The van der Waals surface area contributed by atoms with Gasteiger partial charge in [0.15, 0.2) is 0 Å². The van der Waals surface area contributed by atoms with Crippen molar-refractivity contribution in [1.82, 2.24) is 15.4 Å². The van der Waals surface area contributed by atoms with Gasteiger partial charge in [-0.3, -0.25) is 0 Å². The van der Waals surface area contributed by atoms with Gasteiger partial charge >= 0.3 is 0 Å². The Morgan fingerprint density at radius 1 is 1.33 bits per heavy atom. The van der Waals surface area contributed by atoms with Crippen molar-refractivity contribution in [3.8, 4) is 0 Å². The zero-order valence-electron chi connectivity index (χ0n) is 8.89. The van der Waals surface area contributed by atoms with Crippen LogP contribution in [-0.4, -0.2) is 15.4 Å². The highest BCUT2D eigenvalue weighted by Gasteiger charge is 2.34. The Hall–Kier alpha value is -1.12. The summed E-state index contributed by atoms with van der Waals surface area (Å²) in [5.74, 6) is 2.76. The first-order chi connectivity index (χ1) is 7.42. The third kappa shape index (κ3) is 1.83. The lowest BCUT2D eigenvalue weighted by Crippen LogP contribution is -2.07. The highest BCUT2D eigenvalue weighted by molar-refractivity contribution is 5.10. The fourth-order valence-electron chi connectivity index (χ4n) is 3.12. The number of aromatic nitrogens is 3. The molecule has 1 fully saturated rings. The third-order valence-corrected chi connectivity index (χ3v) is 3.89. The van der Waals surface area contributed by atoms with Gasteiger partial charge in [0.2, 0.25) is 0 Å². The van der Waals surface area contributed by atoms with Crippen LogP contribution in [0.3, 0.4) is 0 Å². The number of rotatable bonds is 4. The summed E-state index contributed by atoms with van der Waals surface area (Å²) in [6, 6.07) is 0. The normalized spacial score (nSPS) is 32.7. The molecule has 1 aromatic heterocycles. The first kappa shape index (κ1) is 9.13. The Kier molecular flexibility index (Phi) is 2.31. The number of fused-ring (bicyclic) bond motifs is 2. The van der Waals surface area contributed by atoms with Gasteiger partial charge in [-0.2, -0.15) is 15.4 Å². The average Bonchev–Trinajstić information content (AvgIpc) is 2.93. The number of H-pyrrole nitrogens is 1. The predicted octanol–water partition coefficient (Wildman–Crippen LogP) is 2.34. The lowest BCUT2D eigenvalue weighted by atomic mass is 9.89. The molecule has 0 amide bonds. The molecular formula is C12H17N3. The molecule has 15 heavy (non-hydrogen) atoms. The number of hydrogen-bond acceptors (Lipinski definition) is 2. The summed E-state index contributed by atoms with van der Waals surface area (Å²) in [6.45, 7) is 0. The third-order valence-electron chi connectivity index (χ3n) is 3.89. The minimum atomic E-state index is 0.896. The van der Waals surface area contributed by atoms with Crippen molar-refractivity contribution in [2.45, 2.75) is 32.1 Å². The number of aryl methyl sites for hydroxylation is 1. The van der Waals surface area contributed by atoms with E-state index in [4.69, 9.17) is 0 Å². The summed E-state index contributed by atoms with van der Waals surface area (Å²) in [5.41, 5.74) is 1.11. The van der Waals surface area contributed by atoms with Crippen molar-refractivity contribution < 1.29 is 0 Å². The maximum Gasteiger partial charge on any atom is 0.0824 e. The highest BCUT2D eigenvalue weighted by Crippen LogP contribution is 2.45. The van der Waals surface area contributed by atoms with Crippen LogP contribution in [0.25, 0.3) is 0 Å². The number of allylic oxidation sites excluding steroid dienone is 2. The van der Waals surface area contributed by atoms with Gasteiger partial charge in [0.25, 0.3) is 0 Å². The van der Waals surface area contributed by atoms with Gasteiger partial charge in [0.05, 0.1) is 11.9 Å². The van der Waals surface area contributed by atoms with Crippen LogP contribution in [0.1, 0.15) is 31.4 Å². The van der Waals surface area contributed by atoms with Crippen LogP contribution >= 0.6 is 0 Å². The van der Waals surface area contributed by atoms with E-state index >= 15 is 0 Å². The van der Waals surface area contributed by atoms with Crippen LogP contribution in [0.5, 0.6) is 0 Å². The van der Waals surface area contributed by atoms with E-state index < -0.39 is 0 Å². The molecule has 3 rings (SSSR count). The van der Waals surface area contributed by atoms with Crippen LogP contribution in [0.15, 0.2) is 18.3 Å². The van der Waals surface area contributed by atoms with E-state index in [0.717, 1.165) is 29.9 Å². The Labute approximate surface area is 90.0 Å². The summed E-state index contributed by atoms with van der Waals surface area (Å²) >= 11 is 0. The summed E-state index contributed by atoms with van der Waals surface area (Å²) in [4.78, 5) is 0. The molecule has 3 nitrogen and oxygen atoms in total. The molecule has 3 atom stereocenters. The molecule has 1 N–H and O–H groups in total. The molecule has 1 heterocycles. The first-order valence-corrected chi connectivity index (χ1v) is 5.95. The van der Waals surface area contributed by atoms with E-state index in [1.807, 2.05) is 6.20 Å². The smallest absolute Gasteiger partial charge is 0.0824 e. The Morgan fingerprint density at radius 2 is 2.33 bits per heavy atom. The number of hydrogen-bond donors (Lipinski definition) is 1. The fourth-order valence-corrected chi connectivity index (χ4v) is 3.12. The minimum absolute atomic E-state index is 0.896. The lowest BCUT2D eigenvalue weighted by molar-refractivity contribution is 0.403. The zero-order chi connectivity index (χ0) is 10.1. The summed E-state index contributed by atoms with van der Waals surface area (Å²) < 4.78 is 0. The second-order valence-electron chi connectivity index (χ2n) is 4.89. The van der Waals surface area contributed by atoms with Crippen molar-refractivity contribution >= 4 is 0 Å². The second-order valence-corrected chi connectivity index (χ2v) is 4.89. The lowest BCUT2D eigenvalue weighted by Gasteiger charge is -2.17. The van der Waals surface area contributed by atoms with Gasteiger partial charge < -0.3 is 0 Å². The molecule has 0 saturated heterocycles. The zero-order valence-corrected chi connectivity index (χ0v) is 8.89. The van der Waals surface area contributed by atoms with E-state index in [0.29, 0.717) is 0 Å². The maximum atomic E-state index is 4.08. The molecule has 2 aliphatic carbocycles. The molecule has 0 radical (unpaired) electrons. The van der Waals surface area contributed by atoms with Crippen LogP contribution in [0, 0.1) is 17.8 Å². The van der Waals surface area contributed by atoms with Gasteiger partial charge in [-0.05, 0) is 49.9 Å². The maximum absolute atomic E-state index is 4.08. The molecule has 3 unspecified atom stereocenters. The number of nitrogens with zero attached hydrogens (tertiary/aromatic N) is 2. The van der Waals surface area contributed by atoms with Crippen LogP contribution in [0.4, 0.5) is 0 Å². The minimum Gasteiger partial charge on any atom is -0.198 e. The molecule has 0 spiro atoms. The van der Waals surface area contributed by atoms with Crippen molar-refractivity contribution in [3.05, 3.63) is 24.0 Å². The van der Waals surface area contributed by atoms with Crippen LogP contribution in [-0.2, 0) is 6.42 Å². The molecule has 2 bridgehead atoms. The molecule has 80 valence electrons. The molecule has 1 aromatic rings. The number of nitrogens with one attached hydrogen (secondary N) is 1. The van der Waals surface area contributed by atoms with Gasteiger partial charge in [0, 0.05) is 0 Å². The molecule has 2 aliphatic rings. The quantitative estimate of drug-likeness (QED) is 0.763. The number of aromatic amines is 1. The van der Waals surface area contributed by atoms with Gasteiger partial charge in [0.1, 0.15) is 0 Å². The van der Waals surface area contributed by atoms with Crippen molar-refractivity contribution in [1.29, 1.82) is 0 Å². The van der Waals surface area contributed by atoms with E-state index in [-0.39, 0.29) is 0 Å². The molecule has 1 saturated carbocycles. The van der Waals surface area contributed by atoms with Gasteiger partial charge in [-0.1, -0.05) is 12.2 Å². The molecule has 3 heteroatoms. The van der Waals surface area contributed by atoms with Crippen molar-refractivity contribution in [2.24, 2.45) is 17.8 Å². The van der Waals surface area contributed by atoms with Crippen molar-refractivity contribution in [3.63, 3.8) is 0 Å². The fraction of sp³-hybridized carbons (Fsp3) is 0.667.